The second-order valence-electron chi connectivity index (χ2n) is 5.63. The standard InChI is InChI=1S/C16H25ClN2O/c1-4-14-11-19(8-9-20-14)16-13(10-18-12(2)3)6-5-7-15(16)17/h5-7,12,14,18H,4,8-11H2,1-3H3. The molecule has 1 aromatic rings. The number of hydrogen-bond acceptors (Lipinski definition) is 3. The van der Waals surface area contributed by atoms with Gasteiger partial charge in [0.05, 0.1) is 23.4 Å². The number of hydrogen-bond donors (Lipinski definition) is 1. The van der Waals surface area contributed by atoms with Gasteiger partial charge in [-0.15, -0.1) is 0 Å². The van der Waals surface area contributed by atoms with Gasteiger partial charge in [-0.1, -0.05) is 44.5 Å². The number of nitrogens with zero attached hydrogens (tertiary/aromatic N) is 1. The highest BCUT2D eigenvalue weighted by Gasteiger charge is 2.22. The molecule has 1 unspecified atom stereocenters. The summed E-state index contributed by atoms with van der Waals surface area (Å²) in [7, 11) is 0. The molecule has 1 aliphatic heterocycles. The molecule has 1 N–H and O–H groups in total. The molecule has 0 spiro atoms. The lowest BCUT2D eigenvalue weighted by molar-refractivity contribution is 0.0384. The Morgan fingerprint density at radius 2 is 2.25 bits per heavy atom. The van der Waals surface area contributed by atoms with Crippen LogP contribution in [-0.4, -0.2) is 31.8 Å². The van der Waals surface area contributed by atoms with Gasteiger partial charge in [-0.05, 0) is 18.1 Å². The molecule has 1 fully saturated rings. The minimum Gasteiger partial charge on any atom is -0.375 e. The van der Waals surface area contributed by atoms with Crippen molar-refractivity contribution in [2.75, 3.05) is 24.6 Å². The first kappa shape index (κ1) is 15.6. The van der Waals surface area contributed by atoms with Gasteiger partial charge in [-0.2, -0.15) is 0 Å². The maximum atomic E-state index is 6.46. The van der Waals surface area contributed by atoms with E-state index in [9.17, 15) is 0 Å². The number of rotatable bonds is 5. The van der Waals surface area contributed by atoms with E-state index in [2.05, 4.69) is 37.1 Å². The molecule has 0 amide bonds. The molecule has 1 atom stereocenters. The zero-order chi connectivity index (χ0) is 14.5. The first-order valence-electron chi connectivity index (χ1n) is 7.49. The summed E-state index contributed by atoms with van der Waals surface area (Å²) in [5.74, 6) is 0. The molecule has 4 heteroatoms. The van der Waals surface area contributed by atoms with E-state index in [1.54, 1.807) is 0 Å². The maximum absolute atomic E-state index is 6.46. The first-order valence-corrected chi connectivity index (χ1v) is 7.87. The van der Waals surface area contributed by atoms with Gasteiger partial charge in [-0.25, -0.2) is 0 Å². The van der Waals surface area contributed by atoms with E-state index in [0.717, 1.165) is 37.7 Å². The van der Waals surface area contributed by atoms with E-state index in [4.69, 9.17) is 16.3 Å². The van der Waals surface area contributed by atoms with Gasteiger partial charge in [0.15, 0.2) is 0 Å². The number of anilines is 1. The highest BCUT2D eigenvalue weighted by Crippen LogP contribution is 2.31. The second kappa shape index (κ2) is 7.30. The van der Waals surface area contributed by atoms with Gasteiger partial charge in [0.2, 0.25) is 0 Å². The summed E-state index contributed by atoms with van der Waals surface area (Å²) < 4.78 is 5.76. The van der Waals surface area contributed by atoms with Crippen LogP contribution in [0.2, 0.25) is 5.02 Å². The zero-order valence-electron chi connectivity index (χ0n) is 12.7. The number of nitrogens with one attached hydrogen (secondary N) is 1. The Labute approximate surface area is 127 Å². The van der Waals surface area contributed by atoms with Gasteiger partial charge in [0.25, 0.3) is 0 Å². The largest absolute Gasteiger partial charge is 0.375 e. The van der Waals surface area contributed by atoms with Crippen LogP contribution < -0.4 is 10.2 Å². The van der Waals surface area contributed by atoms with Crippen molar-refractivity contribution in [1.29, 1.82) is 0 Å². The predicted octanol–water partition coefficient (Wildman–Crippen LogP) is 3.45. The van der Waals surface area contributed by atoms with Crippen LogP contribution in [0.25, 0.3) is 0 Å². The number of benzene rings is 1. The fourth-order valence-electron chi connectivity index (χ4n) is 2.54. The molecule has 3 nitrogen and oxygen atoms in total. The van der Waals surface area contributed by atoms with E-state index in [-0.39, 0.29) is 0 Å². The van der Waals surface area contributed by atoms with Crippen LogP contribution >= 0.6 is 11.6 Å². The van der Waals surface area contributed by atoms with Crippen molar-refractivity contribution >= 4 is 17.3 Å². The van der Waals surface area contributed by atoms with E-state index in [1.165, 1.54) is 11.3 Å². The Morgan fingerprint density at radius 3 is 2.95 bits per heavy atom. The molecule has 0 saturated carbocycles. The van der Waals surface area contributed by atoms with Crippen LogP contribution in [0.5, 0.6) is 0 Å². The Morgan fingerprint density at radius 1 is 1.45 bits per heavy atom. The van der Waals surface area contributed by atoms with Crippen molar-refractivity contribution in [1.82, 2.24) is 5.32 Å². The summed E-state index contributed by atoms with van der Waals surface area (Å²) in [6, 6.07) is 6.63. The number of morpholine rings is 1. The van der Waals surface area contributed by atoms with Crippen LogP contribution in [-0.2, 0) is 11.3 Å². The monoisotopic (exact) mass is 296 g/mol. The van der Waals surface area contributed by atoms with Gasteiger partial charge in [0.1, 0.15) is 0 Å². The van der Waals surface area contributed by atoms with E-state index < -0.39 is 0 Å². The normalized spacial score (nSPS) is 19.6. The Balaban J connectivity index is 2.20. The fourth-order valence-corrected chi connectivity index (χ4v) is 2.85. The summed E-state index contributed by atoms with van der Waals surface area (Å²) in [5, 5.41) is 4.31. The summed E-state index contributed by atoms with van der Waals surface area (Å²) in [5.41, 5.74) is 2.44. The van der Waals surface area contributed by atoms with Gasteiger partial charge >= 0.3 is 0 Å². The molecule has 0 aromatic heterocycles. The smallest absolute Gasteiger partial charge is 0.0748 e. The molecule has 2 rings (SSSR count). The van der Waals surface area contributed by atoms with Gasteiger partial charge in [-0.3, -0.25) is 0 Å². The van der Waals surface area contributed by atoms with Crippen molar-refractivity contribution in [3.8, 4) is 0 Å². The second-order valence-corrected chi connectivity index (χ2v) is 6.04. The topological polar surface area (TPSA) is 24.5 Å². The zero-order valence-corrected chi connectivity index (χ0v) is 13.4. The molecule has 1 saturated heterocycles. The number of ether oxygens (including phenoxy) is 1. The van der Waals surface area contributed by atoms with Crippen LogP contribution in [0.4, 0.5) is 5.69 Å². The lowest BCUT2D eigenvalue weighted by Crippen LogP contribution is -2.43. The minimum absolute atomic E-state index is 0.311. The molecule has 0 bridgehead atoms. The van der Waals surface area contributed by atoms with Crippen molar-refractivity contribution in [2.45, 2.75) is 45.9 Å². The Bertz CT molecular complexity index is 436. The quantitative estimate of drug-likeness (QED) is 0.901. The lowest BCUT2D eigenvalue weighted by atomic mass is 10.1. The first-order chi connectivity index (χ1) is 9.61. The van der Waals surface area contributed by atoms with Crippen molar-refractivity contribution in [3.63, 3.8) is 0 Å². The van der Waals surface area contributed by atoms with Crippen LogP contribution in [0, 0.1) is 0 Å². The summed E-state index contributed by atoms with van der Waals surface area (Å²) in [6.45, 7) is 9.95. The molecule has 0 radical (unpaired) electrons. The SMILES string of the molecule is CCC1CN(c2c(Cl)cccc2CNC(C)C)CCO1. The molecule has 1 aromatic carbocycles. The predicted molar refractivity (Wildman–Crippen MR) is 85.7 cm³/mol. The van der Waals surface area contributed by atoms with Crippen LogP contribution in [0.1, 0.15) is 32.8 Å². The average Bonchev–Trinajstić information content (AvgIpc) is 2.45. The number of para-hydroxylation sites is 1. The molecule has 1 heterocycles. The average molecular weight is 297 g/mol. The minimum atomic E-state index is 0.311. The highest BCUT2D eigenvalue weighted by molar-refractivity contribution is 6.33. The third-order valence-electron chi connectivity index (χ3n) is 3.68. The molecule has 0 aliphatic carbocycles. The summed E-state index contributed by atoms with van der Waals surface area (Å²) in [6.07, 6.45) is 1.35. The van der Waals surface area contributed by atoms with Crippen molar-refractivity contribution < 1.29 is 4.74 Å². The van der Waals surface area contributed by atoms with E-state index in [0.29, 0.717) is 12.1 Å². The third-order valence-corrected chi connectivity index (χ3v) is 3.99. The highest BCUT2D eigenvalue weighted by atomic mass is 35.5. The molecular formula is C16H25ClN2O. The molecule has 1 aliphatic rings. The van der Waals surface area contributed by atoms with Crippen LogP contribution in [0.15, 0.2) is 18.2 Å². The molecule has 20 heavy (non-hydrogen) atoms. The van der Waals surface area contributed by atoms with Gasteiger partial charge < -0.3 is 15.0 Å². The van der Waals surface area contributed by atoms with Crippen LogP contribution in [0.3, 0.4) is 0 Å². The molecular weight excluding hydrogens is 272 g/mol. The summed E-state index contributed by atoms with van der Waals surface area (Å²) in [4.78, 5) is 2.37. The summed E-state index contributed by atoms with van der Waals surface area (Å²) >= 11 is 6.46. The van der Waals surface area contributed by atoms with Crippen molar-refractivity contribution in [2.24, 2.45) is 0 Å². The lowest BCUT2D eigenvalue weighted by Gasteiger charge is -2.36. The maximum Gasteiger partial charge on any atom is 0.0748 e. The fraction of sp³-hybridized carbons (Fsp3) is 0.625. The molecule has 112 valence electrons. The van der Waals surface area contributed by atoms with Gasteiger partial charge in [0, 0.05) is 25.7 Å². The third kappa shape index (κ3) is 3.87. The van der Waals surface area contributed by atoms with E-state index >= 15 is 0 Å². The van der Waals surface area contributed by atoms with Crippen molar-refractivity contribution in [3.05, 3.63) is 28.8 Å². The Kier molecular flexibility index (Phi) is 5.70. The number of halogens is 1. The van der Waals surface area contributed by atoms with E-state index in [1.807, 2.05) is 12.1 Å². The Hall–Kier alpha value is -0.770.